The zero-order valence-corrected chi connectivity index (χ0v) is 13.2. The fourth-order valence-electron chi connectivity index (χ4n) is 2.68. The highest BCUT2D eigenvalue weighted by atomic mass is 35.5. The van der Waals surface area contributed by atoms with Crippen LogP contribution in [0.4, 0.5) is 0 Å². The van der Waals surface area contributed by atoms with E-state index in [-0.39, 0.29) is 6.79 Å². The van der Waals surface area contributed by atoms with E-state index in [4.69, 9.17) is 21.1 Å². The van der Waals surface area contributed by atoms with Gasteiger partial charge in [-0.15, -0.1) is 16.7 Å². The van der Waals surface area contributed by atoms with Crippen LogP contribution in [0.1, 0.15) is 11.3 Å². The van der Waals surface area contributed by atoms with E-state index in [1.807, 2.05) is 30.3 Å². The molecule has 23 heavy (non-hydrogen) atoms. The lowest BCUT2D eigenvalue weighted by atomic mass is 10.1. The van der Waals surface area contributed by atoms with Crippen molar-refractivity contribution in [2.24, 2.45) is 0 Å². The molecule has 0 N–H and O–H groups in total. The molecule has 0 bridgehead atoms. The Morgan fingerprint density at radius 3 is 2.83 bits per heavy atom. The third-order valence-corrected chi connectivity index (χ3v) is 4.01. The molecule has 2 heterocycles. The monoisotopic (exact) mass is 327 g/mol. The Morgan fingerprint density at radius 1 is 1.13 bits per heavy atom. The van der Waals surface area contributed by atoms with Gasteiger partial charge in [0.15, 0.2) is 11.5 Å². The molecular weight excluding hydrogens is 314 g/mol. The van der Waals surface area contributed by atoms with Crippen LogP contribution in [0.25, 0.3) is 16.9 Å². The fraction of sp³-hybridized carbons (Fsp3) is 0.176. The molecule has 0 spiro atoms. The van der Waals surface area contributed by atoms with Crippen LogP contribution in [0.2, 0.25) is 0 Å². The largest absolute Gasteiger partial charge is 0.454 e. The van der Waals surface area contributed by atoms with E-state index >= 15 is 0 Å². The van der Waals surface area contributed by atoms with Crippen molar-refractivity contribution in [3.8, 4) is 28.4 Å². The highest BCUT2D eigenvalue weighted by Crippen LogP contribution is 2.35. The molecule has 116 valence electrons. The maximum Gasteiger partial charge on any atom is 0.231 e. The predicted octanol–water partition coefficient (Wildman–Crippen LogP) is 3.71. The number of hydrogen-bond acceptors (Lipinski definition) is 4. The molecule has 0 aliphatic carbocycles. The Labute approximate surface area is 138 Å². The third-order valence-electron chi connectivity index (χ3n) is 3.76. The van der Waals surface area contributed by atoms with Crippen molar-refractivity contribution in [1.82, 2.24) is 15.0 Å². The summed E-state index contributed by atoms with van der Waals surface area (Å²) in [4.78, 5) is 0. The maximum absolute atomic E-state index is 6.06. The topological polar surface area (TPSA) is 49.2 Å². The molecule has 1 aliphatic rings. The zero-order chi connectivity index (χ0) is 15.8. The molecule has 4 rings (SSSR count). The van der Waals surface area contributed by atoms with Crippen molar-refractivity contribution in [3.63, 3.8) is 0 Å². The van der Waals surface area contributed by atoms with E-state index < -0.39 is 0 Å². The molecule has 3 aromatic rings. The second-order valence-electron chi connectivity index (χ2n) is 5.34. The van der Waals surface area contributed by atoms with Gasteiger partial charge in [-0.2, -0.15) is 0 Å². The lowest BCUT2D eigenvalue weighted by molar-refractivity contribution is 0.174. The summed E-state index contributed by atoms with van der Waals surface area (Å²) in [7, 11) is 0. The van der Waals surface area contributed by atoms with E-state index in [9.17, 15) is 0 Å². The van der Waals surface area contributed by atoms with E-state index in [1.54, 1.807) is 4.68 Å². The van der Waals surface area contributed by atoms with E-state index in [2.05, 4.69) is 29.4 Å². The van der Waals surface area contributed by atoms with Gasteiger partial charge < -0.3 is 9.47 Å². The molecule has 2 aromatic carbocycles. The van der Waals surface area contributed by atoms with Gasteiger partial charge in [0.1, 0.15) is 5.69 Å². The summed E-state index contributed by atoms with van der Waals surface area (Å²) in [5.41, 5.74) is 4.69. The lowest BCUT2D eigenvalue weighted by Gasteiger charge is -2.09. The van der Waals surface area contributed by atoms with Crippen LogP contribution in [0, 0.1) is 6.92 Å². The number of rotatable bonds is 3. The Hall–Kier alpha value is -2.53. The Morgan fingerprint density at radius 2 is 2.00 bits per heavy atom. The van der Waals surface area contributed by atoms with Crippen LogP contribution in [0.15, 0.2) is 42.5 Å². The van der Waals surface area contributed by atoms with Crippen LogP contribution in [0.5, 0.6) is 11.5 Å². The molecule has 0 radical (unpaired) electrons. The van der Waals surface area contributed by atoms with E-state index in [0.717, 1.165) is 28.4 Å². The van der Waals surface area contributed by atoms with Crippen molar-refractivity contribution in [2.75, 3.05) is 6.79 Å². The van der Waals surface area contributed by atoms with Gasteiger partial charge in [-0.3, -0.25) is 0 Å². The molecule has 0 saturated carbocycles. The summed E-state index contributed by atoms with van der Waals surface area (Å²) >= 11 is 6.06. The van der Waals surface area contributed by atoms with Crippen molar-refractivity contribution >= 4 is 11.6 Å². The number of nitrogens with zero attached hydrogens (tertiary/aromatic N) is 3. The van der Waals surface area contributed by atoms with Crippen LogP contribution in [-0.4, -0.2) is 21.8 Å². The normalized spacial score (nSPS) is 12.6. The van der Waals surface area contributed by atoms with Gasteiger partial charge in [0, 0.05) is 11.6 Å². The van der Waals surface area contributed by atoms with E-state index in [0.29, 0.717) is 11.6 Å². The quantitative estimate of drug-likeness (QED) is 0.688. The van der Waals surface area contributed by atoms with Crippen LogP contribution in [0.3, 0.4) is 0 Å². The minimum absolute atomic E-state index is 0.244. The first kappa shape index (κ1) is 14.1. The number of aromatic nitrogens is 3. The van der Waals surface area contributed by atoms with Gasteiger partial charge in [-0.1, -0.05) is 29.0 Å². The lowest BCUT2D eigenvalue weighted by Crippen LogP contribution is -2.00. The SMILES string of the molecule is Cc1cccc(-c2c(CCl)nnn2-c2ccc3c(c2)OCO3)c1. The highest BCUT2D eigenvalue weighted by Gasteiger charge is 2.19. The first-order chi connectivity index (χ1) is 11.3. The van der Waals surface area contributed by atoms with Crippen molar-refractivity contribution in [3.05, 3.63) is 53.7 Å². The Balaban J connectivity index is 1.88. The molecule has 5 nitrogen and oxygen atoms in total. The second-order valence-corrected chi connectivity index (χ2v) is 5.60. The summed E-state index contributed by atoms with van der Waals surface area (Å²) in [6, 6.07) is 13.9. The molecule has 0 atom stereocenters. The predicted molar refractivity (Wildman–Crippen MR) is 87.2 cm³/mol. The number of alkyl halides is 1. The van der Waals surface area contributed by atoms with Crippen molar-refractivity contribution in [1.29, 1.82) is 0 Å². The van der Waals surface area contributed by atoms with Crippen LogP contribution < -0.4 is 9.47 Å². The summed E-state index contributed by atoms with van der Waals surface area (Å²) in [6.07, 6.45) is 0. The third kappa shape index (κ3) is 2.43. The number of halogens is 1. The summed E-state index contributed by atoms with van der Waals surface area (Å²) in [6.45, 7) is 2.30. The highest BCUT2D eigenvalue weighted by molar-refractivity contribution is 6.17. The van der Waals surface area contributed by atoms with Crippen LogP contribution in [-0.2, 0) is 5.88 Å². The number of aryl methyl sites for hydroxylation is 1. The zero-order valence-electron chi connectivity index (χ0n) is 12.5. The van der Waals surface area contributed by atoms with Gasteiger partial charge in [0.2, 0.25) is 6.79 Å². The summed E-state index contributed by atoms with van der Waals surface area (Å²) < 4.78 is 12.6. The minimum Gasteiger partial charge on any atom is -0.454 e. The van der Waals surface area contributed by atoms with Gasteiger partial charge >= 0.3 is 0 Å². The van der Waals surface area contributed by atoms with Crippen molar-refractivity contribution in [2.45, 2.75) is 12.8 Å². The smallest absolute Gasteiger partial charge is 0.231 e. The number of ether oxygens (including phenoxy) is 2. The Kier molecular flexibility index (Phi) is 3.42. The molecule has 1 aliphatic heterocycles. The first-order valence-electron chi connectivity index (χ1n) is 7.24. The molecule has 0 unspecified atom stereocenters. The Bertz CT molecular complexity index is 876. The molecule has 0 fully saturated rings. The summed E-state index contributed by atoms with van der Waals surface area (Å²) in [5, 5.41) is 8.49. The van der Waals surface area contributed by atoms with Crippen molar-refractivity contribution < 1.29 is 9.47 Å². The maximum atomic E-state index is 6.06. The van der Waals surface area contributed by atoms with Gasteiger partial charge in [0.25, 0.3) is 0 Å². The minimum atomic E-state index is 0.244. The molecule has 6 heteroatoms. The fourth-order valence-corrected chi connectivity index (χ4v) is 2.86. The standard InChI is InChI=1S/C17H14ClN3O2/c1-11-3-2-4-12(7-11)17-14(9-18)19-20-21(17)13-5-6-15-16(8-13)23-10-22-15/h2-8H,9-10H2,1H3. The van der Waals surface area contributed by atoms with Gasteiger partial charge in [-0.05, 0) is 25.1 Å². The van der Waals surface area contributed by atoms with Gasteiger partial charge in [-0.25, -0.2) is 4.68 Å². The van der Waals surface area contributed by atoms with E-state index in [1.165, 1.54) is 5.56 Å². The molecular formula is C17H14ClN3O2. The summed E-state index contributed by atoms with van der Waals surface area (Å²) in [5.74, 6) is 1.75. The number of benzene rings is 2. The second kappa shape index (κ2) is 5.59. The van der Waals surface area contributed by atoms with Gasteiger partial charge in [0.05, 0.1) is 17.3 Å². The first-order valence-corrected chi connectivity index (χ1v) is 7.77. The number of hydrogen-bond donors (Lipinski definition) is 0. The molecule has 0 saturated heterocycles. The molecule has 0 amide bonds. The average Bonchev–Trinajstić information content (AvgIpc) is 3.20. The average molecular weight is 328 g/mol. The van der Waals surface area contributed by atoms with Crippen LogP contribution >= 0.6 is 11.6 Å². The molecule has 1 aromatic heterocycles. The number of fused-ring (bicyclic) bond motifs is 1.